The molecular weight excluding hydrogens is 388 g/mol. The van der Waals surface area contributed by atoms with Crippen molar-refractivity contribution in [2.45, 2.75) is 38.8 Å². The fourth-order valence-corrected chi connectivity index (χ4v) is 9.65. The lowest BCUT2D eigenvalue weighted by molar-refractivity contribution is 0.953. The maximum absolute atomic E-state index is 6.18. The van der Waals surface area contributed by atoms with E-state index in [-0.39, 0.29) is 0 Å². The van der Waals surface area contributed by atoms with Crippen LogP contribution in [0.25, 0.3) is 43.1 Å². The van der Waals surface area contributed by atoms with Gasteiger partial charge in [0.1, 0.15) is 0 Å². The maximum atomic E-state index is 6.18. The van der Waals surface area contributed by atoms with Crippen LogP contribution in [0.5, 0.6) is 0 Å². The number of benzene rings is 5. The number of terminal acetylenes is 1. The van der Waals surface area contributed by atoms with Crippen molar-refractivity contribution < 1.29 is 0 Å². The van der Waals surface area contributed by atoms with Gasteiger partial charge in [-0.05, 0) is 83.6 Å². The monoisotopic (exact) mass is 416 g/mol. The third kappa shape index (κ3) is 3.14. The van der Waals surface area contributed by atoms with Crippen LogP contribution < -0.4 is 5.19 Å². The summed E-state index contributed by atoms with van der Waals surface area (Å²) in [5.41, 5.74) is 2.37. The Kier molecular flexibility index (Phi) is 4.84. The molecule has 0 amide bonds. The van der Waals surface area contributed by atoms with Crippen molar-refractivity contribution >= 4 is 57.1 Å². The highest BCUT2D eigenvalue weighted by Crippen LogP contribution is 2.35. The van der Waals surface area contributed by atoms with Crippen molar-refractivity contribution in [1.82, 2.24) is 0 Å². The molecule has 0 aliphatic heterocycles. The highest BCUT2D eigenvalue weighted by molar-refractivity contribution is 6.80. The third-order valence-corrected chi connectivity index (χ3v) is 11.0. The molecule has 1 heteroatoms. The zero-order valence-corrected chi connectivity index (χ0v) is 19.9. The van der Waals surface area contributed by atoms with Gasteiger partial charge in [-0.25, -0.2) is 0 Å². The normalized spacial score (nSPS) is 12.1. The van der Waals surface area contributed by atoms with Crippen molar-refractivity contribution in [1.29, 1.82) is 0 Å². The summed E-state index contributed by atoms with van der Waals surface area (Å²) >= 11 is 0. The Bertz CT molecular complexity index is 1390. The Morgan fingerprint density at radius 3 is 1.29 bits per heavy atom. The van der Waals surface area contributed by atoms with E-state index in [1.165, 1.54) is 43.1 Å². The van der Waals surface area contributed by atoms with Gasteiger partial charge in [-0.15, -0.1) is 6.42 Å². The second-order valence-corrected chi connectivity index (χ2v) is 13.7. The Hall–Kier alpha value is -3.08. The van der Waals surface area contributed by atoms with Gasteiger partial charge in [-0.3, -0.25) is 0 Å². The molecule has 0 aliphatic carbocycles. The van der Waals surface area contributed by atoms with Crippen LogP contribution in [0.15, 0.2) is 72.8 Å². The number of fused-ring (bicyclic) bond motifs is 4. The highest BCUT2D eigenvalue weighted by Gasteiger charge is 2.27. The SMILES string of the molecule is C#Cc1c2cc3ccccc3cc2c([SiH](C(C)C)C(C)C)c2cc3ccccc3cc12. The van der Waals surface area contributed by atoms with Crippen LogP contribution in [-0.4, -0.2) is 8.80 Å². The second-order valence-electron chi connectivity index (χ2n) is 9.44. The van der Waals surface area contributed by atoms with Crippen LogP contribution >= 0.6 is 0 Å². The van der Waals surface area contributed by atoms with Gasteiger partial charge in [-0.2, -0.15) is 0 Å². The van der Waals surface area contributed by atoms with E-state index in [1.807, 2.05) is 0 Å². The van der Waals surface area contributed by atoms with Crippen molar-refractivity contribution in [3.8, 4) is 12.3 Å². The standard InChI is InChI=1S/C30H28Si/c1-6-25-26-15-21-11-7-9-13-23(21)17-28(26)30(31(19(2)3)20(4)5)29-18-24-14-10-8-12-22(24)16-27(25)29/h1,7-20,31H,2-5H3. The molecule has 0 spiro atoms. The van der Waals surface area contributed by atoms with Crippen molar-refractivity contribution in [3.63, 3.8) is 0 Å². The first kappa shape index (κ1) is 19.9. The Labute approximate surface area is 186 Å². The van der Waals surface area contributed by atoms with Crippen molar-refractivity contribution in [2.24, 2.45) is 0 Å². The zero-order valence-electron chi connectivity index (χ0n) is 18.7. The smallest absolute Gasteiger partial charge is 0.0775 e. The lowest BCUT2D eigenvalue weighted by Crippen LogP contribution is -2.37. The lowest BCUT2D eigenvalue weighted by Gasteiger charge is -2.28. The van der Waals surface area contributed by atoms with Crippen molar-refractivity contribution in [3.05, 3.63) is 78.4 Å². The summed E-state index contributed by atoms with van der Waals surface area (Å²) in [6.45, 7) is 9.63. The van der Waals surface area contributed by atoms with Crippen LogP contribution in [0.4, 0.5) is 0 Å². The molecule has 0 nitrogen and oxygen atoms in total. The van der Waals surface area contributed by atoms with Gasteiger partial charge in [0.2, 0.25) is 0 Å². The minimum absolute atomic E-state index is 0.668. The third-order valence-electron chi connectivity index (χ3n) is 6.80. The van der Waals surface area contributed by atoms with E-state index < -0.39 is 8.80 Å². The summed E-state index contributed by atoms with van der Waals surface area (Å²) in [5, 5.41) is 11.9. The van der Waals surface area contributed by atoms with E-state index in [9.17, 15) is 0 Å². The quantitative estimate of drug-likeness (QED) is 0.162. The van der Waals surface area contributed by atoms with Gasteiger partial charge in [0, 0.05) is 5.56 Å². The summed E-state index contributed by atoms with van der Waals surface area (Å²) in [7, 11) is -1.30. The van der Waals surface area contributed by atoms with Crippen LogP contribution in [0.3, 0.4) is 0 Å². The molecule has 0 heterocycles. The topological polar surface area (TPSA) is 0 Å². The summed E-state index contributed by atoms with van der Waals surface area (Å²) < 4.78 is 0. The fourth-order valence-electron chi connectivity index (χ4n) is 5.58. The first-order valence-electron chi connectivity index (χ1n) is 11.3. The molecule has 0 radical (unpaired) electrons. The molecule has 0 atom stereocenters. The summed E-state index contributed by atoms with van der Waals surface area (Å²) in [4.78, 5) is 0. The Morgan fingerprint density at radius 2 is 0.968 bits per heavy atom. The van der Waals surface area contributed by atoms with Gasteiger partial charge >= 0.3 is 0 Å². The van der Waals surface area contributed by atoms with Crippen molar-refractivity contribution in [2.75, 3.05) is 0 Å². The number of hydrogen-bond donors (Lipinski definition) is 0. The van der Waals surface area contributed by atoms with E-state index in [4.69, 9.17) is 6.42 Å². The van der Waals surface area contributed by atoms with E-state index in [1.54, 1.807) is 5.19 Å². The van der Waals surface area contributed by atoms with Crippen LogP contribution in [0.1, 0.15) is 33.3 Å². The second kappa shape index (κ2) is 7.56. The fraction of sp³-hybridized carbons (Fsp3) is 0.200. The first-order valence-corrected chi connectivity index (χ1v) is 13.2. The molecule has 0 bridgehead atoms. The predicted octanol–water partition coefficient (Wildman–Crippen LogP) is 7.53. The van der Waals surface area contributed by atoms with Gasteiger partial charge in [-0.1, -0.05) is 82.1 Å². The minimum atomic E-state index is -1.30. The van der Waals surface area contributed by atoms with Crippen LogP contribution in [-0.2, 0) is 0 Å². The molecule has 31 heavy (non-hydrogen) atoms. The molecule has 0 unspecified atom stereocenters. The van der Waals surface area contributed by atoms with Crippen LogP contribution in [0.2, 0.25) is 11.1 Å². The maximum Gasteiger partial charge on any atom is 0.0775 e. The molecule has 5 rings (SSSR count). The average Bonchev–Trinajstić information content (AvgIpc) is 2.76. The summed E-state index contributed by atoms with van der Waals surface area (Å²) in [6, 6.07) is 26.8. The van der Waals surface area contributed by atoms with Crippen LogP contribution in [0, 0.1) is 12.3 Å². The minimum Gasteiger partial charge on any atom is -0.115 e. The molecule has 0 saturated heterocycles. The van der Waals surface area contributed by atoms with Gasteiger partial charge < -0.3 is 0 Å². The molecule has 0 aliphatic rings. The molecule has 0 aromatic heterocycles. The molecule has 152 valence electrons. The highest BCUT2D eigenvalue weighted by atomic mass is 28.3. The largest absolute Gasteiger partial charge is 0.115 e. The molecule has 0 saturated carbocycles. The Morgan fingerprint density at radius 1 is 0.613 bits per heavy atom. The predicted molar refractivity (Wildman–Crippen MR) is 141 cm³/mol. The van der Waals surface area contributed by atoms with E-state index in [2.05, 4.69) is 106 Å². The molecule has 5 aromatic rings. The first-order chi connectivity index (χ1) is 15.0. The van der Waals surface area contributed by atoms with E-state index in [0.717, 1.165) is 5.56 Å². The van der Waals surface area contributed by atoms with Gasteiger partial charge in [0.25, 0.3) is 0 Å². The summed E-state index contributed by atoms with van der Waals surface area (Å²) in [6.07, 6.45) is 6.18. The Balaban J connectivity index is 2.08. The number of hydrogen-bond acceptors (Lipinski definition) is 0. The van der Waals surface area contributed by atoms with Gasteiger partial charge in [0.05, 0.1) is 8.80 Å². The van der Waals surface area contributed by atoms with E-state index >= 15 is 0 Å². The van der Waals surface area contributed by atoms with Gasteiger partial charge in [0.15, 0.2) is 0 Å². The zero-order chi connectivity index (χ0) is 21.7. The molecule has 5 aromatic carbocycles. The lowest BCUT2D eigenvalue weighted by atomic mass is 9.92. The molecule has 0 fully saturated rings. The average molecular weight is 417 g/mol. The van der Waals surface area contributed by atoms with E-state index in [0.29, 0.717) is 11.1 Å². The molecule has 0 N–H and O–H groups in total. The summed E-state index contributed by atoms with van der Waals surface area (Å²) in [5.74, 6) is 3.08. The molecular formula is C30H28Si. The number of rotatable bonds is 3.